The average Bonchev–Trinajstić information content (AvgIpc) is 2.57. The summed E-state index contributed by atoms with van der Waals surface area (Å²) in [7, 11) is 0. The summed E-state index contributed by atoms with van der Waals surface area (Å²) in [4.78, 5) is 18.5. The number of carbonyl (C=O) groups excluding carboxylic acids is 1. The molecule has 5 heteroatoms. The first kappa shape index (κ1) is 17.8. The minimum atomic E-state index is 0.0196. The molecule has 0 radical (unpaired) electrons. The molecule has 0 aliphatic heterocycles. The molecule has 0 saturated carbocycles. The highest BCUT2D eigenvalue weighted by Gasteiger charge is 2.13. The molecule has 5 nitrogen and oxygen atoms in total. The van der Waals surface area contributed by atoms with Crippen LogP contribution in [-0.4, -0.2) is 35.0 Å². The number of ether oxygens (including phenoxy) is 1. The fraction of sp³-hybridized carbons (Fsp3) is 0.368. The quantitative estimate of drug-likeness (QED) is 0.832. The van der Waals surface area contributed by atoms with Crippen molar-refractivity contribution in [3.05, 3.63) is 48.2 Å². The zero-order valence-corrected chi connectivity index (χ0v) is 14.7. The van der Waals surface area contributed by atoms with Gasteiger partial charge in [-0.2, -0.15) is 0 Å². The van der Waals surface area contributed by atoms with Crippen LogP contribution in [0.4, 0.5) is 11.5 Å². The van der Waals surface area contributed by atoms with E-state index < -0.39 is 0 Å². The number of pyridine rings is 1. The topological polar surface area (TPSA) is 54.5 Å². The average molecular weight is 327 g/mol. The lowest BCUT2D eigenvalue weighted by Crippen LogP contribution is -2.30. The second-order valence-corrected chi connectivity index (χ2v) is 5.72. The largest absolute Gasteiger partial charge is 0.491 e. The summed E-state index contributed by atoms with van der Waals surface area (Å²) in [5.74, 6) is 1.49. The standard InChI is InChI=1S/C19H25N3O2/c1-5-22(6-2)19(23)15-11-12-20-18(13-15)21-16-7-9-17(10-8-16)24-14(3)4/h7-14H,5-6H2,1-4H3,(H,20,21). The van der Waals surface area contributed by atoms with Crippen LogP contribution in [0.3, 0.4) is 0 Å². The molecule has 0 fully saturated rings. The van der Waals surface area contributed by atoms with Gasteiger partial charge in [0.1, 0.15) is 11.6 Å². The second-order valence-electron chi connectivity index (χ2n) is 5.72. The Kier molecular flexibility index (Phi) is 6.18. The van der Waals surface area contributed by atoms with Gasteiger partial charge in [-0.1, -0.05) is 0 Å². The fourth-order valence-corrected chi connectivity index (χ4v) is 2.36. The third kappa shape index (κ3) is 4.72. The maximum atomic E-state index is 12.4. The Labute approximate surface area is 143 Å². The molecule has 1 aromatic heterocycles. The normalized spacial score (nSPS) is 10.5. The highest BCUT2D eigenvalue weighted by molar-refractivity contribution is 5.94. The van der Waals surface area contributed by atoms with Crippen molar-refractivity contribution in [3.8, 4) is 5.75 Å². The molecule has 1 aromatic carbocycles. The monoisotopic (exact) mass is 327 g/mol. The molecule has 0 spiro atoms. The van der Waals surface area contributed by atoms with Gasteiger partial charge in [0.2, 0.25) is 0 Å². The van der Waals surface area contributed by atoms with Crippen LogP contribution in [0.25, 0.3) is 0 Å². The molecule has 0 unspecified atom stereocenters. The van der Waals surface area contributed by atoms with E-state index in [2.05, 4.69) is 10.3 Å². The van der Waals surface area contributed by atoms with Gasteiger partial charge in [-0.25, -0.2) is 4.98 Å². The van der Waals surface area contributed by atoms with E-state index in [0.717, 1.165) is 11.4 Å². The van der Waals surface area contributed by atoms with Crippen LogP contribution in [-0.2, 0) is 0 Å². The van der Waals surface area contributed by atoms with Gasteiger partial charge in [0.05, 0.1) is 6.10 Å². The van der Waals surface area contributed by atoms with Crippen molar-refractivity contribution in [1.82, 2.24) is 9.88 Å². The first-order chi connectivity index (χ1) is 11.5. The van der Waals surface area contributed by atoms with Gasteiger partial charge in [0, 0.05) is 30.5 Å². The van der Waals surface area contributed by atoms with Gasteiger partial charge in [-0.3, -0.25) is 4.79 Å². The van der Waals surface area contributed by atoms with E-state index in [-0.39, 0.29) is 12.0 Å². The van der Waals surface area contributed by atoms with Crippen LogP contribution in [0, 0.1) is 0 Å². The van der Waals surface area contributed by atoms with Gasteiger partial charge in [0.25, 0.3) is 5.91 Å². The molecule has 2 rings (SSSR count). The molecule has 1 heterocycles. The van der Waals surface area contributed by atoms with Crippen molar-refractivity contribution in [2.45, 2.75) is 33.8 Å². The highest BCUT2D eigenvalue weighted by Crippen LogP contribution is 2.20. The Bertz CT molecular complexity index is 665. The fourth-order valence-electron chi connectivity index (χ4n) is 2.36. The van der Waals surface area contributed by atoms with E-state index in [9.17, 15) is 4.79 Å². The highest BCUT2D eigenvalue weighted by atomic mass is 16.5. The number of nitrogens with zero attached hydrogens (tertiary/aromatic N) is 2. The maximum Gasteiger partial charge on any atom is 0.254 e. The Balaban J connectivity index is 2.10. The summed E-state index contributed by atoms with van der Waals surface area (Å²) in [6, 6.07) is 11.2. The van der Waals surface area contributed by atoms with Crippen LogP contribution < -0.4 is 10.1 Å². The summed E-state index contributed by atoms with van der Waals surface area (Å²) < 4.78 is 5.63. The van der Waals surface area contributed by atoms with Crippen molar-refractivity contribution in [2.75, 3.05) is 18.4 Å². The van der Waals surface area contributed by atoms with Crippen LogP contribution in [0.5, 0.6) is 5.75 Å². The maximum absolute atomic E-state index is 12.4. The smallest absolute Gasteiger partial charge is 0.254 e. The lowest BCUT2D eigenvalue weighted by Gasteiger charge is -2.18. The number of carbonyl (C=O) groups is 1. The second kappa shape index (κ2) is 8.34. The molecule has 2 aromatic rings. The summed E-state index contributed by atoms with van der Waals surface area (Å²) >= 11 is 0. The SMILES string of the molecule is CCN(CC)C(=O)c1ccnc(Nc2ccc(OC(C)C)cc2)c1. The first-order valence-corrected chi connectivity index (χ1v) is 8.32. The Hall–Kier alpha value is -2.56. The molecule has 1 N–H and O–H groups in total. The van der Waals surface area contributed by atoms with E-state index >= 15 is 0 Å². The molecule has 0 aliphatic carbocycles. The summed E-state index contributed by atoms with van der Waals surface area (Å²) in [5, 5.41) is 3.22. The number of amides is 1. The summed E-state index contributed by atoms with van der Waals surface area (Å²) in [6.45, 7) is 9.32. The molecule has 0 atom stereocenters. The summed E-state index contributed by atoms with van der Waals surface area (Å²) in [6.07, 6.45) is 1.79. The van der Waals surface area contributed by atoms with E-state index in [1.54, 1.807) is 23.2 Å². The number of aromatic nitrogens is 1. The third-order valence-corrected chi connectivity index (χ3v) is 3.56. The zero-order chi connectivity index (χ0) is 17.5. The van der Waals surface area contributed by atoms with Crippen LogP contribution in [0.1, 0.15) is 38.1 Å². The Morgan fingerprint density at radius 1 is 1.17 bits per heavy atom. The van der Waals surface area contributed by atoms with Crippen molar-refractivity contribution in [1.29, 1.82) is 0 Å². The van der Waals surface area contributed by atoms with E-state index in [1.807, 2.05) is 52.0 Å². The number of hydrogen-bond donors (Lipinski definition) is 1. The van der Waals surface area contributed by atoms with E-state index in [0.29, 0.717) is 24.5 Å². The Morgan fingerprint density at radius 3 is 2.42 bits per heavy atom. The van der Waals surface area contributed by atoms with E-state index in [1.165, 1.54) is 0 Å². The van der Waals surface area contributed by atoms with Gasteiger partial charge in [0.15, 0.2) is 0 Å². The lowest BCUT2D eigenvalue weighted by atomic mass is 10.2. The van der Waals surface area contributed by atoms with Gasteiger partial charge in [-0.15, -0.1) is 0 Å². The van der Waals surface area contributed by atoms with Crippen molar-refractivity contribution in [2.24, 2.45) is 0 Å². The van der Waals surface area contributed by atoms with Crippen molar-refractivity contribution >= 4 is 17.4 Å². The number of benzene rings is 1. The number of rotatable bonds is 7. The zero-order valence-electron chi connectivity index (χ0n) is 14.7. The van der Waals surface area contributed by atoms with Crippen LogP contribution in [0.15, 0.2) is 42.6 Å². The van der Waals surface area contributed by atoms with Crippen LogP contribution >= 0.6 is 0 Å². The Morgan fingerprint density at radius 2 is 1.83 bits per heavy atom. The number of hydrogen-bond acceptors (Lipinski definition) is 4. The number of anilines is 2. The molecule has 1 amide bonds. The number of nitrogens with one attached hydrogen (secondary N) is 1. The molecular formula is C19H25N3O2. The molecular weight excluding hydrogens is 302 g/mol. The minimum absolute atomic E-state index is 0.0196. The minimum Gasteiger partial charge on any atom is -0.491 e. The van der Waals surface area contributed by atoms with Gasteiger partial charge < -0.3 is 15.0 Å². The first-order valence-electron chi connectivity index (χ1n) is 8.32. The molecule has 0 saturated heterocycles. The molecule has 0 aliphatic rings. The molecule has 24 heavy (non-hydrogen) atoms. The third-order valence-electron chi connectivity index (χ3n) is 3.56. The van der Waals surface area contributed by atoms with E-state index in [4.69, 9.17) is 4.74 Å². The van der Waals surface area contributed by atoms with Gasteiger partial charge in [-0.05, 0) is 64.1 Å². The predicted octanol–water partition coefficient (Wildman–Crippen LogP) is 4.09. The van der Waals surface area contributed by atoms with Crippen molar-refractivity contribution < 1.29 is 9.53 Å². The molecule has 128 valence electrons. The van der Waals surface area contributed by atoms with Crippen molar-refractivity contribution in [3.63, 3.8) is 0 Å². The van der Waals surface area contributed by atoms with Crippen LogP contribution in [0.2, 0.25) is 0 Å². The lowest BCUT2D eigenvalue weighted by molar-refractivity contribution is 0.0773. The predicted molar refractivity (Wildman–Crippen MR) is 97.0 cm³/mol. The van der Waals surface area contributed by atoms with Gasteiger partial charge >= 0.3 is 0 Å². The molecule has 0 bridgehead atoms. The summed E-state index contributed by atoms with van der Waals surface area (Å²) in [5.41, 5.74) is 1.53.